The predicted octanol–water partition coefficient (Wildman–Crippen LogP) is 0.304. The highest BCUT2D eigenvalue weighted by Gasteiger charge is 2.34. The number of carbonyl (C=O) groups is 1. The third kappa shape index (κ3) is 4.56. The van der Waals surface area contributed by atoms with Crippen LogP contribution in [0.4, 0.5) is 4.39 Å². The first-order valence-electron chi connectivity index (χ1n) is 10.6. The van der Waals surface area contributed by atoms with E-state index >= 15 is 0 Å². The van der Waals surface area contributed by atoms with Crippen LogP contribution in [0.15, 0.2) is 27.9 Å². The number of amides is 1. The minimum Gasteiger partial charge on any atom is -0.501 e. The van der Waals surface area contributed by atoms with Crippen molar-refractivity contribution in [1.29, 1.82) is 0 Å². The van der Waals surface area contributed by atoms with E-state index in [1.807, 2.05) is 0 Å². The van der Waals surface area contributed by atoms with Crippen molar-refractivity contribution < 1.29 is 32.2 Å². The van der Waals surface area contributed by atoms with Crippen molar-refractivity contribution in [3.8, 4) is 5.75 Å². The van der Waals surface area contributed by atoms with E-state index in [0.29, 0.717) is 0 Å². The molecule has 0 radical (unpaired) electrons. The lowest BCUT2D eigenvalue weighted by Gasteiger charge is -2.32. The van der Waals surface area contributed by atoms with E-state index in [1.54, 1.807) is 13.8 Å². The minimum absolute atomic E-state index is 0.157. The van der Waals surface area contributed by atoms with Gasteiger partial charge in [-0.15, -0.1) is 0 Å². The predicted molar refractivity (Wildman–Crippen MR) is 116 cm³/mol. The molecule has 2 aliphatic rings. The fourth-order valence-electron chi connectivity index (χ4n) is 3.90. The zero-order valence-corrected chi connectivity index (χ0v) is 19.5. The second kappa shape index (κ2) is 9.06. The van der Waals surface area contributed by atoms with Crippen LogP contribution in [0.2, 0.25) is 0 Å². The summed E-state index contributed by atoms with van der Waals surface area (Å²) in [6.07, 6.45) is 0. The van der Waals surface area contributed by atoms with Gasteiger partial charge in [0.15, 0.2) is 5.69 Å². The summed E-state index contributed by atoms with van der Waals surface area (Å²) in [6, 6.07) is 3.26. The molecule has 0 unspecified atom stereocenters. The Morgan fingerprint density at radius 1 is 1.21 bits per heavy atom. The molecule has 2 aromatic rings. The van der Waals surface area contributed by atoms with Gasteiger partial charge in [0.2, 0.25) is 15.8 Å². The van der Waals surface area contributed by atoms with Crippen LogP contribution in [-0.2, 0) is 38.2 Å². The number of hydrogen-bond acceptors (Lipinski definition) is 8. The summed E-state index contributed by atoms with van der Waals surface area (Å²) in [6.45, 7) is 4.35. The number of aromatic nitrogens is 2. The number of benzene rings is 1. The Morgan fingerprint density at radius 2 is 1.91 bits per heavy atom. The number of morpholine rings is 1. The van der Waals surface area contributed by atoms with Gasteiger partial charge in [-0.3, -0.25) is 14.2 Å². The van der Waals surface area contributed by atoms with Gasteiger partial charge < -0.3 is 19.9 Å². The highest BCUT2D eigenvalue weighted by atomic mass is 32.2. The highest BCUT2D eigenvalue weighted by Crippen LogP contribution is 2.27. The number of hydrogen-bond donors (Lipinski definition) is 2. The van der Waals surface area contributed by atoms with Crippen LogP contribution in [0.3, 0.4) is 0 Å². The molecular weight excluding hydrogens is 471 g/mol. The van der Waals surface area contributed by atoms with Gasteiger partial charge in [-0.1, -0.05) is 0 Å². The van der Waals surface area contributed by atoms with Gasteiger partial charge in [0.1, 0.15) is 17.2 Å². The Morgan fingerprint density at radius 3 is 2.62 bits per heavy atom. The van der Waals surface area contributed by atoms with E-state index < -0.39 is 44.4 Å². The molecule has 2 aliphatic heterocycles. The van der Waals surface area contributed by atoms with E-state index in [4.69, 9.17) is 9.47 Å². The van der Waals surface area contributed by atoms with Crippen molar-refractivity contribution >= 4 is 15.9 Å². The number of carbonyl (C=O) groups excluding carboxylic acids is 1. The number of ether oxygens (including phenoxy) is 2. The molecule has 13 heteroatoms. The fourth-order valence-corrected chi connectivity index (χ4v) is 5.39. The van der Waals surface area contributed by atoms with Gasteiger partial charge in [0, 0.05) is 19.6 Å². The molecular formula is C21H25FN4O7S. The van der Waals surface area contributed by atoms with Crippen LogP contribution < -0.4 is 10.9 Å². The first-order valence-corrected chi connectivity index (χ1v) is 12.1. The van der Waals surface area contributed by atoms with E-state index in [2.05, 4.69) is 10.3 Å². The Labute approximate surface area is 195 Å². The molecule has 11 nitrogen and oxygen atoms in total. The number of halogens is 1. The lowest BCUT2D eigenvalue weighted by molar-refractivity contribution is -0.0566. The van der Waals surface area contributed by atoms with Crippen molar-refractivity contribution in [2.24, 2.45) is 0 Å². The molecule has 3 heterocycles. The van der Waals surface area contributed by atoms with Crippen molar-refractivity contribution in [3.63, 3.8) is 0 Å². The van der Waals surface area contributed by atoms with Crippen molar-refractivity contribution in [2.45, 2.75) is 37.4 Å². The minimum atomic E-state index is -3.94. The zero-order valence-electron chi connectivity index (χ0n) is 18.7. The number of fused-ring (bicyclic) bond motifs is 1. The van der Waals surface area contributed by atoms with Gasteiger partial charge in [0.25, 0.3) is 11.5 Å². The van der Waals surface area contributed by atoms with Crippen LogP contribution in [0.5, 0.6) is 5.75 Å². The van der Waals surface area contributed by atoms with Crippen molar-refractivity contribution in [2.75, 3.05) is 32.9 Å². The Bertz CT molecular complexity index is 1290. The maximum atomic E-state index is 14.2. The van der Waals surface area contributed by atoms with Crippen LogP contribution in [0, 0.1) is 5.82 Å². The van der Waals surface area contributed by atoms with Crippen LogP contribution >= 0.6 is 0 Å². The molecule has 1 aromatic heterocycles. The number of nitrogens with one attached hydrogen (secondary N) is 1. The molecule has 1 fully saturated rings. The van der Waals surface area contributed by atoms with E-state index in [0.717, 1.165) is 12.1 Å². The van der Waals surface area contributed by atoms with Crippen molar-refractivity contribution in [1.82, 2.24) is 19.2 Å². The maximum absolute atomic E-state index is 14.2. The van der Waals surface area contributed by atoms with Crippen molar-refractivity contribution in [3.05, 3.63) is 51.5 Å². The van der Waals surface area contributed by atoms with E-state index in [1.165, 1.54) is 14.9 Å². The lowest BCUT2D eigenvalue weighted by Crippen LogP contribution is -2.42. The third-order valence-electron chi connectivity index (χ3n) is 5.67. The summed E-state index contributed by atoms with van der Waals surface area (Å²) in [4.78, 5) is 29.2. The van der Waals surface area contributed by atoms with Gasteiger partial charge >= 0.3 is 0 Å². The SMILES string of the molecule is CC1(C)OCCn2c1nc(C(=O)NCc1cc(F)cc(S(=O)(=O)N3CCOCC3)c1)c(O)c2=O. The summed E-state index contributed by atoms with van der Waals surface area (Å²) in [5.74, 6) is -2.28. The Hall–Kier alpha value is -2.87. The molecule has 0 aliphatic carbocycles. The molecule has 34 heavy (non-hydrogen) atoms. The number of nitrogens with zero attached hydrogens (tertiary/aromatic N) is 3. The van der Waals surface area contributed by atoms with Gasteiger partial charge in [-0.25, -0.2) is 17.8 Å². The standard InChI is InChI=1S/C21H25FN4O7S/c1-21(2)20-24-16(17(27)19(29)26(20)5-8-33-21)18(28)23-12-13-9-14(22)11-15(10-13)34(30,31)25-3-6-32-7-4-25/h9-11,27H,3-8,12H2,1-2H3,(H,23,28). The summed E-state index contributed by atoms with van der Waals surface area (Å²) < 4.78 is 53.2. The average Bonchev–Trinajstić information content (AvgIpc) is 2.80. The number of sulfonamides is 1. The Balaban J connectivity index is 1.57. The Kier molecular flexibility index (Phi) is 6.46. The second-order valence-electron chi connectivity index (χ2n) is 8.44. The molecule has 1 amide bonds. The van der Waals surface area contributed by atoms with Gasteiger partial charge in [0.05, 0.1) is 31.3 Å². The van der Waals surface area contributed by atoms with Crippen LogP contribution in [0.1, 0.15) is 35.7 Å². The average molecular weight is 497 g/mol. The largest absolute Gasteiger partial charge is 0.501 e. The first-order chi connectivity index (χ1) is 16.0. The van der Waals surface area contributed by atoms with Gasteiger partial charge in [-0.05, 0) is 37.6 Å². The molecule has 0 saturated carbocycles. The molecule has 4 rings (SSSR count). The smallest absolute Gasteiger partial charge is 0.296 e. The summed E-state index contributed by atoms with van der Waals surface area (Å²) in [5, 5.41) is 12.7. The summed E-state index contributed by atoms with van der Waals surface area (Å²) in [7, 11) is -3.94. The van der Waals surface area contributed by atoms with E-state index in [-0.39, 0.29) is 62.3 Å². The third-order valence-corrected chi connectivity index (χ3v) is 7.55. The second-order valence-corrected chi connectivity index (χ2v) is 10.4. The maximum Gasteiger partial charge on any atom is 0.296 e. The topological polar surface area (TPSA) is 140 Å². The molecule has 0 atom stereocenters. The molecule has 184 valence electrons. The lowest BCUT2D eigenvalue weighted by atomic mass is 10.1. The van der Waals surface area contributed by atoms with Gasteiger partial charge in [-0.2, -0.15) is 4.31 Å². The first kappa shape index (κ1) is 24.3. The zero-order chi connectivity index (χ0) is 24.7. The summed E-state index contributed by atoms with van der Waals surface area (Å²) >= 11 is 0. The highest BCUT2D eigenvalue weighted by molar-refractivity contribution is 7.89. The fraction of sp³-hybridized carbons (Fsp3) is 0.476. The van der Waals surface area contributed by atoms with E-state index in [9.17, 15) is 27.5 Å². The monoisotopic (exact) mass is 496 g/mol. The quantitative estimate of drug-likeness (QED) is 0.603. The number of aromatic hydroxyl groups is 1. The number of rotatable bonds is 5. The van der Waals surface area contributed by atoms with Crippen LogP contribution in [0.25, 0.3) is 0 Å². The molecule has 0 spiro atoms. The summed E-state index contributed by atoms with van der Waals surface area (Å²) in [5.41, 5.74) is -2.03. The molecule has 1 aromatic carbocycles. The normalized spacial score (nSPS) is 18.3. The van der Waals surface area contributed by atoms with Crippen LogP contribution in [-0.4, -0.2) is 66.2 Å². The molecule has 2 N–H and O–H groups in total. The molecule has 0 bridgehead atoms. The molecule has 1 saturated heterocycles.